The molecular formula is C12H18N2O2. The van der Waals surface area contributed by atoms with Gasteiger partial charge in [0.1, 0.15) is 0 Å². The molecule has 0 saturated heterocycles. The van der Waals surface area contributed by atoms with Crippen molar-refractivity contribution < 1.29 is 9.53 Å². The van der Waals surface area contributed by atoms with E-state index in [1.807, 2.05) is 18.3 Å². The predicted octanol–water partition coefficient (Wildman–Crippen LogP) is 1.12. The zero-order valence-electron chi connectivity index (χ0n) is 9.99. The first kappa shape index (κ1) is 12.6. The Balaban J connectivity index is 2.49. The number of pyridine rings is 1. The van der Waals surface area contributed by atoms with Crippen molar-refractivity contribution in [2.45, 2.75) is 19.3 Å². The molecule has 0 aromatic carbocycles. The molecule has 4 nitrogen and oxygen atoms in total. The highest BCUT2D eigenvalue weighted by Gasteiger charge is 2.20. The van der Waals surface area contributed by atoms with E-state index in [4.69, 9.17) is 0 Å². The molecule has 16 heavy (non-hydrogen) atoms. The third-order valence-electron chi connectivity index (χ3n) is 2.51. The van der Waals surface area contributed by atoms with Crippen LogP contribution < -0.4 is 5.32 Å². The van der Waals surface area contributed by atoms with Gasteiger partial charge in [-0.3, -0.25) is 9.78 Å². The van der Waals surface area contributed by atoms with E-state index in [1.54, 1.807) is 6.20 Å². The third-order valence-corrected chi connectivity index (χ3v) is 2.51. The minimum absolute atomic E-state index is 0.0533. The maximum absolute atomic E-state index is 10.9. The van der Waals surface area contributed by atoms with Gasteiger partial charge in [0, 0.05) is 24.4 Å². The highest BCUT2D eigenvalue weighted by Crippen LogP contribution is 2.20. The molecule has 1 heterocycles. The second kappa shape index (κ2) is 5.61. The topological polar surface area (TPSA) is 51.2 Å². The van der Waals surface area contributed by atoms with Crippen LogP contribution >= 0.6 is 0 Å². The fourth-order valence-electron chi connectivity index (χ4n) is 1.41. The molecule has 0 saturated carbocycles. The lowest BCUT2D eigenvalue weighted by atomic mass is 9.86. The van der Waals surface area contributed by atoms with Gasteiger partial charge in [-0.1, -0.05) is 19.9 Å². The van der Waals surface area contributed by atoms with Crippen LogP contribution in [0.3, 0.4) is 0 Å². The van der Waals surface area contributed by atoms with Crippen molar-refractivity contribution >= 4 is 5.97 Å². The number of aromatic nitrogens is 1. The Labute approximate surface area is 96.0 Å². The SMILES string of the molecule is COC(=O)CNCC(C)(C)c1cccnc1. The number of hydrogen-bond acceptors (Lipinski definition) is 4. The highest BCUT2D eigenvalue weighted by molar-refractivity contribution is 5.71. The molecule has 0 atom stereocenters. The van der Waals surface area contributed by atoms with E-state index in [0.717, 1.165) is 5.56 Å². The lowest BCUT2D eigenvalue weighted by molar-refractivity contribution is -0.139. The third kappa shape index (κ3) is 3.62. The number of esters is 1. The van der Waals surface area contributed by atoms with Gasteiger partial charge in [0.2, 0.25) is 0 Å². The molecule has 0 aliphatic rings. The maximum atomic E-state index is 10.9. The van der Waals surface area contributed by atoms with Crippen molar-refractivity contribution in [1.82, 2.24) is 10.3 Å². The zero-order chi connectivity index (χ0) is 12.0. The molecule has 0 amide bonds. The Hall–Kier alpha value is -1.42. The van der Waals surface area contributed by atoms with Gasteiger partial charge in [-0.2, -0.15) is 0 Å². The number of nitrogens with zero attached hydrogens (tertiary/aromatic N) is 1. The highest BCUT2D eigenvalue weighted by atomic mass is 16.5. The molecule has 0 bridgehead atoms. The van der Waals surface area contributed by atoms with Crippen molar-refractivity contribution in [2.24, 2.45) is 0 Å². The Morgan fingerprint density at radius 3 is 2.88 bits per heavy atom. The van der Waals surface area contributed by atoms with Gasteiger partial charge < -0.3 is 10.1 Å². The fraction of sp³-hybridized carbons (Fsp3) is 0.500. The van der Waals surface area contributed by atoms with Crippen molar-refractivity contribution in [1.29, 1.82) is 0 Å². The van der Waals surface area contributed by atoms with Gasteiger partial charge in [-0.25, -0.2) is 0 Å². The van der Waals surface area contributed by atoms with E-state index < -0.39 is 0 Å². The molecule has 0 fully saturated rings. The standard InChI is InChI=1S/C12H18N2O2/c1-12(2,9-14-8-11(15)16-3)10-5-4-6-13-7-10/h4-7,14H,8-9H2,1-3H3. The average molecular weight is 222 g/mol. The van der Waals surface area contributed by atoms with Gasteiger partial charge in [-0.05, 0) is 11.6 Å². The van der Waals surface area contributed by atoms with Crippen LogP contribution in [0.4, 0.5) is 0 Å². The Kier molecular flexibility index (Phi) is 4.43. The fourth-order valence-corrected chi connectivity index (χ4v) is 1.41. The predicted molar refractivity (Wildman–Crippen MR) is 62.1 cm³/mol. The van der Waals surface area contributed by atoms with Gasteiger partial charge in [0.05, 0.1) is 13.7 Å². The van der Waals surface area contributed by atoms with Crippen molar-refractivity contribution in [3.8, 4) is 0 Å². The normalized spacial score (nSPS) is 11.2. The largest absolute Gasteiger partial charge is 0.468 e. The number of carbonyl (C=O) groups excluding carboxylic acids is 1. The summed E-state index contributed by atoms with van der Waals surface area (Å²) in [6.07, 6.45) is 3.60. The average Bonchev–Trinajstić information content (AvgIpc) is 2.30. The number of rotatable bonds is 5. The van der Waals surface area contributed by atoms with Crippen LogP contribution in [0.2, 0.25) is 0 Å². The summed E-state index contributed by atoms with van der Waals surface area (Å²) in [5.41, 5.74) is 1.09. The number of hydrogen-bond donors (Lipinski definition) is 1. The summed E-state index contributed by atoms with van der Waals surface area (Å²) < 4.78 is 4.56. The summed E-state index contributed by atoms with van der Waals surface area (Å²) in [4.78, 5) is 15.0. The first-order chi connectivity index (χ1) is 7.56. The number of carbonyl (C=O) groups is 1. The van der Waals surface area contributed by atoms with Crippen molar-refractivity contribution in [3.63, 3.8) is 0 Å². The molecule has 0 aliphatic heterocycles. The minimum atomic E-state index is -0.248. The molecule has 0 aliphatic carbocycles. The van der Waals surface area contributed by atoms with Crippen molar-refractivity contribution in [3.05, 3.63) is 30.1 Å². The first-order valence-electron chi connectivity index (χ1n) is 5.24. The summed E-state index contributed by atoms with van der Waals surface area (Å²) in [6, 6.07) is 3.95. The van der Waals surface area contributed by atoms with E-state index >= 15 is 0 Å². The number of nitrogens with one attached hydrogen (secondary N) is 1. The molecule has 0 spiro atoms. The second-order valence-electron chi connectivity index (χ2n) is 4.31. The smallest absolute Gasteiger partial charge is 0.319 e. The number of ether oxygens (including phenoxy) is 1. The molecule has 0 radical (unpaired) electrons. The molecule has 0 unspecified atom stereocenters. The van der Waals surface area contributed by atoms with E-state index in [-0.39, 0.29) is 17.9 Å². The van der Waals surface area contributed by atoms with Crippen LogP contribution in [-0.4, -0.2) is 31.2 Å². The van der Waals surface area contributed by atoms with Gasteiger partial charge in [0.25, 0.3) is 0 Å². The van der Waals surface area contributed by atoms with Crippen LogP contribution in [0.25, 0.3) is 0 Å². The zero-order valence-corrected chi connectivity index (χ0v) is 9.99. The molecule has 1 aromatic rings. The van der Waals surface area contributed by atoms with E-state index in [9.17, 15) is 4.79 Å². The van der Waals surface area contributed by atoms with Crippen LogP contribution in [0.5, 0.6) is 0 Å². The Morgan fingerprint density at radius 2 is 2.31 bits per heavy atom. The monoisotopic (exact) mass is 222 g/mol. The summed E-state index contributed by atoms with van der Waals surface area (Å²) in [5, 5.41) is 3.07. The molecule has 1 N–H and O–H groups in total. The molecule has 88 valence electrons. The summed E-state index contributed by atoms with van der Waals surface area (Å²) >= 11 is 0. The van der Waals surface area contributed by atoms with Crippen LogP contribution in [0.15, 0.2) is 24.5 Å². The lowest BCUT2D eigenvalue weighted by Gasteiger charge is -2.24. The Bertz CT molecular complexity index is 336. The summed E-state index contributed by atoms with van der Waals surface area (Å²) in [5.74, 6) is -0.248. The van der Waals surface area contributed by atoms with Crippen molar-refractivity contribution in [2.75, 3.05) is 20.2 Å². The molecule has 1 rings (SSSR count). The molecule has 4 heteroatoms. The van der Waals surface area contributed by atoms with E-state index in [2.05, 4.69) is 28.9 Å². The molecular weight excluding hydrogens is 204 g/mol. The Morgan fingerprint density at radius 1 is 1.56 bits per heavy atom. The van der Waals surface area contributed by atoms with E-state index in [0.29, 0.717) is 6.54 Å². The second-order valence-corrected chi connectivity index (χ2v) is 4.31. The maximum Gasteiger partial charge on any atom is 0.319 e. The summed E-state index contributed by atoms with van der Waals surface area (Å²) in [6.45, 7) is 5.15. The quantitative estimate of drug-likeness (QED) is 0.759. The van der Waals surface area contributed by atoms with Gasteiger partial charge in [0.15, 0.2) is 0 Å². The minimum Gasteiger partial charge on any atom is -0.468 e. The lowest BCUT2D eigenvalue weighted by Crippen LogP contribution is -2.36. The molecule has 1 aromatic heterocycles. The summed E-state index contributed by atoms with van der Waals surface area (Å²) in [7, 11) is 1.39. The van der Waals surface area contributed by atoms with E-state index in [1.165, 1.54) is 7.11 Å². The van der Waals surface area contributed by atoms with Gasteiger partial charge in [-0.15, -0.1) is 0 Å². The van der Waals surface area contributed by atoms with Crippen LogP contribution in [-0.2, 0) is 14.9 Å². The van der Waals surface area contributed by atoms with Crippen LogP contribution in [0.1, 0.15) is 19.4 Å². The first-order valence-corrected chi connectivity index (χ1v) is 5.24. The van der Waals surface area contributed by atoms with Crippen LogP contribution in [0, 0.1) is 0 Å². The number of methoxy groups -OCH3 is 1. The van der Waals surface area contributed by atoms with Gasteiger partial charge >= 0.3 is 5.97 Å².